The first-order chi connectivity index (χ1) is 20.5. The van der Waals surface area contributed by atoms with Gasteiger partial charge in [0, 0.05) is 59.2 Å². The molecular formula is C27H51N3O11Si2. The van der Waals surface area contributed by atoms with E-state index in [0.29, 0.717) is 52.1 Å². The van der Waals surface area contributed by atoms with Gasteiger partial charge in [0.2, 0.25) is 0 Å². The number of carbonyl (C=O) groups excluding carboxylic acids is 1. The van der Waals surface area contributed by atoms with E-state index in [0.717, 1.165) is 13.7 Å². The first-order valence-electron chi connectivity index (χ1n) is 14.6. The fourth-order valence-electron chi connectivity index (χ4n) is 4.00. The Balaban J connectivity index is 0.000000994. The van der Waals surface area contributed by atoms with Gasteiger partial charge < -0.3 is 31.3 Å². The quantitative estimate of drug-likeness (QED) is 0.103. The summed E-state index contributed by atoms with van der Waals surface area (Å²) < 4.78 is 41.7. The molecule has 1 rings (SSSR count). The second-order valence-corrected chi connectivity index (χ2v) is 13.9. The third kappa shape index (κ3) is 13.4. The molecule has 1 heterocycles. The fraction of sp³-hybridized carbons (Fsp3) is 0.704. The van der Waals surface area contributed by atoms with Crippen molar-refractivity contribution in [3.05, 3.63) is 56.8 Å². The molecule has 0 radical (unpaired) electrons. The summed E-state index contributed by atoms with van der Waals surface area (Å²) in [5.74, 6) is -0.356. The van der Waals surface area contributed by atoms with Gasteiger partial charge in [0.05, 0.1) is 13.1 Å². The van der Waals surface area contributed by atoms with Crippen molar-refractivity contribution in [1.82, 2.24) is 13.7 Å². The normalized spacial score (nSPS) is 11.5. The van der Waals surface area contributed by atoms with Crippen LogP contribution in [0.4, 0.5) is 0 Å². The number of aromatic nitrogens is 3. The molecule has 0 N–H and O–H groups in total. The molecule has 0 unspecified atom stereocenters. The zero-order chi connectivity index (χ0) is 32.9. The lowest BCUT2D eigenvalue weighted by Gasteiger charge is -2.28. The van der Waals surface area contributed by atoms with Crippen molar-refractivity contribution in [2.24, 2.45) is 0 Å². The maximum Gasteiger partial charge on any atom is 0.540 e. The summed E-state index contributed by atoms with van der Waals surface area (Å²) in [5.41, 5.74) is -1.99. The molecule has 248 valence electrons. The smallest absolute Gasteiger partial charge is 0.461 e. The molecule has 0 aliphatic heterocycles. The standard InChI is InChI=1S/C18H31N3O6Si.C9H20O5Si/c1-6-12-19-16(22)20(13-7-2)18(24)21(17(19)23)14-11-15-28(25-8-3,26-9-4)27-10-5;1-5-12-15(13-6-2,14-7-3)8-11-9(4)10/h6-7H,1-2,8-15H2,3-5H3;5-8H2,1-4H3. The van der Waals surface area contributed by atoms with E-state index < -0.39 is 34.7 Å². The van der Waals surface area contributed by atoms with Crippen molar-refractivity contribution < 1.29 is 36.1 Å². The molecule has 0 fully saturated rings. The average Bonchev–Trinajstić information content (AvgIpc) is 2.95. The lowest BCUT2D eigenvalue weighted by molar-refractivity contribution is -0.141. The van der Waals surface area contributed by atoms with Crippen molar-refractivity contribution in [2.75, 3.05) is 45.9 Å². The number of allylic oxidation sites excluding steroid dienone is 2. The summed E-state index contributed by atoms with van der Waals surface area (Å²) in [6.45, 7) is 22.6. The largest absolute Gasteiger partial charge is 0.540 e. The van der Waals surface area contributed by atoms with E-state index in [4.69, 9.17) is 31.3 Å². The van der Waals surface area contributed by atoms with E-state index in [2.05, 4.69) is 13.2 Å². The van der Waals surface area contributed by atoms with Gasteiger partial charge >= 0.3 is 40.6 Å². The number of carbonyl (C=O) groups is 1. The molecule has 0 atom stereocenters. The highest BCUT2D eigenvalue weighted by Crippen LogP contribution is 2.18. The molecule has 0 aliphatic rings. The first kappa shape index (κ1) is 40.6. The van der Waals surface area contributed by atoms with Crippen molar-refractivity contribution >= 4 is 23.6 Å². The highest BCUT2D eigenvalue weighted by Gasteiger charge is 2.42. The van der Waals surface area contributed by atoms with Crippen LogP contribution in [0, 0.1) is 0 Å². The number of rotatable bonds is 22. The van der Waals surface area contributed by atoms with E-state index in [1.54, 1.807) is 0 Å². The summed E-state index contributed by atoms with van der Waals surface area (Å²) in [4.78, 5) is 48.4. The highest BCUT2D eigenvalue weighted by atomic mass is 28.4. The number of hydrogen-bond acceptors (Lipinski definition) is 11. The van der Waals surface area contributed by atoms with E-state index in [-0.39, 0.29) is 31.8 Å². The fourth-order valence-corrected chi connectivity index (χ4v) is 8.79. The van der Waals surface area contributed by atoms with Crippen molar-refractivity contribution in [3.63, 3.8) is 0 Å². The predicted molar refractivity (Wildman–Crippen MR) is 167 cm³/mol. The highest BCUT2D eigenvalue weighted by molar-refractivity contribution is 6.61. The molecule has 0 bridgehead atoms. The Kier molecular flexibility index (Phi) is 20.9. The van der Waals surface area contributed by atoms with E-state index in [1.807, 2.05) is 41.5 Å². The monoisotopic (exact) mass is 649 g/mol. The Morgan fingerprint density at radius 3 is 1.33 bits per heavy atom. The molecule has 1 aromatic heterocycles. The van der Waals surface area contributed by atoms with Crippen LogP contribution in [0.3, 0.4) is 0 Å². The van der Waals surface area contributed by atoms with Gasteiger partial charge in [-0.25, -0.2) is 28.1 Å². The molecule has 0 aromatic carbocycles. The minimum absolute atomic E-state index is 0.0185. The molecule has 0 amide bonds. The molecule has 0 saturated heterocycles. The van der Waals surface area contributed by atoms with E-state index >= 15 is 0 Å². The van der Waals surface area contributed by atoms with Crippen LogP contribution in [0.2, 0.25) is 6.04 Å². The Labute approximate surface area is 256 Å². The molecule has 14 nitrogen and oxygen atoms in total. The molecular weight excluding hydrogens is 598 g/mol. The van der Waals surface area contributed by atoms with Crippen LogP contribution in [-0.2, 0) is 55.7 Å². The minimum Gasteiger partial charge on any atom is -0.461 e. The SMILES string of the molecule is C=CCn1c(=O)n(CC=C)c(=O)n(CCC[Si](OCC)(OCC)OCC)c1=O.CCO[Si](COC(C)=O)(OCC)OCC. The zero-order valence-electron chi connectivity index (χ0n) is 26.9. The second-order valence-electron chi connectivity index (χ2n) is 8.65. The van der Waals surface area contributed by atoms with Gasteiger partial charge in [-0.3, -0.25) is 4.79 Å². The number of ether oxygens (including phenoxy) is 1. The third-order valence-corrected chi connectivity index (χ3v) is 11.3. The van der Waals surface area contributed by atoms with Gasteiger partial charge in [0.25, 0.3) is 0 Å². The molecule has 0 saturated carbocycles. The Morgan fingerprint density at radius 2 is 1.00 bits per heavy atom. The molecule has 43 heavy (non-hydrogen) atoms. The summed E-state index contributed by atoms with van der Waals surface area (Å²) in [5, 5.41) is 0. The lowest BCUT2D eigenvalue weighted by atomic mass is 10.4. The van der Waals surface area contributed by atoms with Crippen LogP contribution >= 0.6 is 0 Å². The van der Waals surface area contributed by atoms with Crippen LogP contribution < -0.4 is 17.1 Å². The molecule has 16 heteroatoms. The van der Waals surface area contributed by atoms with Gasteiger partial charge in [-0.15, -0.1) is 13.2 Å². The molecule has 0 aliphatic carbocycles. The van der Waals surface area contributed by atoms with Crippen LogP contribution in [0.25, 0.3) is 0 Å². The van der Waals surface area contributed by atoms with Gasteiger partial charge in [0.15, 0.2) is 6.23 Å². The van der Waals surface area contributed by atoms with Crippen molar-refractivity contribution in [1.29, 1.82) is 0 Å². The maximum absolute atomic E-state index is 12.6. The number of nitrogens with zero attached hydrogens (tertiary/aromatic N) is 3. The van der Waals surface area contributed by atoms with Crippen LogP contribution in [0.15, 0.2) is 39.7 Å². The predicted octanol–water partition coefficient (Wildman–Crippen LogP) is 2.12. The van der Waals surface area contributed by atoms with Gasteiger partial charge in [0.1, 0.15) is 0 Å². The summed E-state index contributed by atoms with van der Waals surface area (Å²) >= 11 is 0. The van der Waals surface area contributed by atoms with Gasteiger partial charge in [-0.2, -0.15) is 0 Å². The maximum atomic E-state index is 12.6. The summed E-state index contributed by atoms with van der Waals surface area (Å²) in [6.07, 6.45) is 3.39. The van der Waals surface area contributed by atoms with Crippen LogP contribution in [0.1, 0.15) is 54.9 Å². The zero-order valence-corrected chi connectivity index (χ0v) is 28.9. The number of esters is 1. The Hall–Kier alpha value is -2.45. The Morgan fingerprint density at radius 1 is 0.651 bits per heavy atom. The third-order valence-electron chi connectivity index (χ3n) is 5.51. The topological polar surface area (TPSA) is 148 Å². The van der Waals surface area contributed by atoms with Gasteiger partial charge in [-0.05, 0) is 48.0 Å². The van der Waals surface area contributed by atoms with Crippen LogP contribution in [-0.4, -0.2) is 83.2 Å². The average molecular weight is 650 g/mol. The molecule has 0 spiro atoms. The molecule has 1 aromatic rings. The van der Waals surface area contributed by atoms with E-state index in [1.165, 1.54) is 19.1 Å². The Bertz CT molecular complexity index is 1070. The van der Waals surface area contributed by atoms with Crippen molar-refractivity contribution in [2.45, 2.75) is 80.6 Å². The minimum atomic E-state index is -2.88. The summed E-state index contributed by atoms with van der Waals surface area (Å²) in [6, 6.07) is 0.455. The van der Waals surface area contributed by atoms with Crippen LogP contribution in [0.5, 0.6) is 0 Å². The van der Waals surface area contributed by atoms with Gasteiger partial charge in [-0.1, -0.05) is 12.2 Å². The summed E-state index contributed by atoms with van der Waals surface area (Å²) in [7, 11) is -5.68. The second kappa shape index (κ2) is 22.1. The van der Waals surface area contributed by atoms with E-state index in [9.17, 15) is 19.2 Å². The first-order valence-corrected chi connectivity index (χ1v) is 18.5. The lowest BCUT2D eigenvalue weighted by Crippen LogP contribution is -2.54. The number of hydrogen-bond donors (Lipinski definition) is 0. The van der Waals surface area contributed by atoms with Crippen molar-refractivity contribution in [3.8, 4) is 0 Å².